The van der Waals surface area contributed by atoms with E-state index in [2.05, 4.69) is 32.7 Å². The zero-order valence-electron chi connectivity index (χ0n) is 10.5. The van der Waals surface area contributed by atoms with E-state index in [1.807, 2.05) is 20.8 Å². The Morgan fingerprint density at radius 3 is 1.79 bits per heavy atom. The van der Waals surface area contributed by atoms with Crippen molar-refractivity contribution in [2.24, 2.45) is 0 Å². The van der Waals surface area contributed by atoms with E-state index in [1.165, 1.54) is 0 Å². The first-order valence-corrected chi connectivity index (χ1v) is 5.49. The summed E-state index contributed by atoms with van der Waals surface area (Å²) in [6, 6.07) is 0. The number of hydrogen-bond donors (Lipinski definition) is 0. The van der Waals surface area contributed by atoms with Gasteiger partial charge in [0.15, 0.2) is 5.89 Å². The van der Waals surface area contributed by atoms with E-state index >= 15 is 0 Å². The zero-order chi connectivity index (χ0) is 11.3. The SMILES string of the molecule is CC.Cc1nc(C(C)C)c(C(C)C)o1. The minimum atomic E-state index is 0.434. The van der Waals surface area contributed by atoms with Gasteiger partial charge in [0, 0.05) is 12.8 Å². The maximum Gasteiger partial charge on any atom is 0.191 e. The molecule has 0 aliphatic carbocycles. The van der Waals surface area contributed by atoms with Gasteiger partial charge < -0.3 is 4.42 Å². The Labute approximate surface area is 87.7 Å². The fourth-order valence-electron chi connectivity index (χ4n) is 1.29. The number of oxazole rings is 1. The van der Waals surface area contributed by atoms with E-state index in [-0.39, 0.29) is 0 Å². The molecule has 0 fully saturated rings. The maximum atomic E-state index is 5.53. The van der Waals surface area contributed by atoms with Crippen molar-refractivity contribution in [2.75, 3.05) is 0 Å². The molecule has 1 rings (SSSR count). The zero-order valence-corrected chi connectivity index (χ0v) is 10.5. The number of nitrogens with zero attached hydrogens (tertiary/aromatic N) is 1. The number of hydrogen-bond acceptors (Lipinski definition) is 2. The third kappa shape index (κ3) is 3.17. The molecule has 2 nitrogen and oxygen atoms in total. The Bertz CT molecular complexity index is 236. The van der Waals surface area contributed by atoms with Crippen LogP contribution >= 0.6 is 0 Å². The molecule has 0 radical (unpaired) electrons. The molecule has 0 spiro atoms. The summed E-state index contributed by atoms with van der Waals surface area (Å²) in [6.07, 6.45) is 0. The lowest BCUT2D eigenvalue weighted by atomic mass is 10.0. The van der Waals surface area contributed by atoms with Crippen LogP contribution in [-0.4, -0.2) is 4.98 Å². The Kier molecular flexibility index (Phi) is 5.51. The summed E-state index contributed by atoms with van der Waals surface area (Å²) < 4.78 is 5.53. The highest BCUT2D eigenvalue weighted by Gasteiger charge is 2.16. The van der Waals surface area contributed by atoms with Gasteiger partial charge in [-0.25, -0.2) is 4.98 Å². The Morgan fingerprint density at radius 2 is 1.50 bits per heavy atom. The molecule has 2 heteroatoms. The molecule has 0 saturated heterocycles. The second-order valence-electron chi connectivity index (χ2n) is 3.79. The van der Waals surface area contributed by atoms with Gasteiger partial charge in [-0.2, -0.15) is 0 Å². The van der Waals surface area contributed by atoms with Crippen molar-refractivity contribution in [3.63, 3.8) is 0 Å². The van der Waals surface area contributed by atoms with Gasteiger partial charge in [0.1, 0.15) is 5.76 Å². The van der Waals surface area contributed by atoms with Gasteiger partial charge >= 0.3 is 0 Å². The molecule has 1 aromatic heterocycles. The predicted octanol–water partition coefficient (Wildman–Crippen LogP) is 4.26. The van der Waals surface area contributed by atoms with Crippen molar-refractivity contribution in [1.82, 2.24) is 4.98 Å². The van der Waals surface area contributed by atoms with Crippen LogP contribution in [0.3, 0.4) is 0 Å². The highest BCUT2D eigenvalue weighted by atomic mass is 16.4. The molecule has 0 aliphatic heterocycles. The van der Waals surface area contributed by atoms with Crippen LogP contribution in [0.5, 0.6) is 0 Å². The number of aryl methyl sites for hydroxylation is 1. The molecule has 1 aromatic rings. The average Bonchev–Trinajstić information content (AvgIpc) is 2.51. The highest BCUT2D eigenvalue weighted by Crippen LogP contribution is 2.25. The molecule has 0 bridgehead atoms. The highest BCUT2D eigenvalue weighted by molar-refractivity contribution is 5.16. The van der Waals surface area contributed by atoms with Gasteiger partial charge in [-0.15, -0.1) is 0 Å². The standard InChI is InChI=1S/C10H17NO.C2H6/c1-6(2)9-10(7(3)4)12-8(5)11-9;1-2/h6-7H,1-5H3;1-2H3. The summed E-state index contributed by atoms with van der Waals surface area (Å²) in [7, 11) is 0. The number of rotatable bonds is 2. The molecule has 14 heavy (non-hydrogen) atoms. The van der Waals surface area contributed by atoms with Gasteiger partial charge in [-0.1, -0.05) is 41.5 Å². The van der Waals surface area contributed by atoms with Crippen LogP contribution in [0.2, 0.25) is 0 Å². The van der Waals surface area contributed by atoms with Gasteiger partial charge in [0.25, 0.3) is 0 Å². The van der Waals surface area contributed by atoms with Crippen LogP contribution < -0.4 is 0 Å². The van der Waals surface area contributed by atoms with Crippen molar-refractivity contribution < 1.29 is 4.42 Å². The summed E-state index contributed by atoms with van der Waals surface area (Å²) in [5.74, 6) is 2.72. The van der Waals surface area contributed by atoms with E-state index in [0.29, 0.717) is 11.8 Å². The summed E-state index contributed by atoms with van der Waals surface area (Å²) in [4.78, 5) is 4.36. The predicted molar refractivity (Wildman–Crippen MR) is 60.8 cm³/mol. The van der Waals surface area contributed by atoms with Gasteiger partial charge in [-0.05, 0) is 5.92 Å². The average molecular weight is 197 g/mol. The second-order valence-corrected chi connectivity index (χ2v) is 3.79. The van der Waals surface area contributed by atoms with Gasteiger partial charge in [0.05, 0.1) is 5.69 Å². The topological polar surface area (TPSA) is 26.0 Å². The van der Waals surface area contributed by atoms with E-state index < -0.39 is 0 Å². The second kappa shape index (κ2) is 5.84. The molecular formula is C12H23NO. The van der Waals surface area contributed by atoms with E-state index in [1.54, 1.807) is 0 Å². The van der Waals surface area contributed by atoms with Crippen LogP contribution in [0.15, 0.2) is 4.42 Å². The van der Waals surface area contributed by atoms with E-state index in [0.717, 1.165) is 17.3 Å². The summed E-state index contributed by atoms with van der Waals surface area (Å²) in [5.41, 5.74) is 1.11. The smallest absolute Gasteiger partial charge is 0.191 e. The Morgan fingerprint density at radius 1 is 1.00 bits per heavy atom. The van der Waals surface area contributed by atoms with Crippen LogP contribution in [0.1, 0.15) is 70.7 Å². The summed E-state index contributed by atoms with van der Waals surface area (Å²) >= 11 is 0. The first-order chi connectivity index (χ1) is 6.52. The molecule has 0 unspecified atom stereocenters. The Hall–Kier alpha value is -0.790. The van der Waals surface area contributed by atoms with Crippen LogP contribution in [0.25, 0.3) is 0 Å². The molecule has 0 aliphatic rings. The van der Waals surface area contributed by atoms with Crippen LogP contribution in [0, 0.1) is 6.92 Å². The van der Waals surface area contributed by atoms with Crippen molar-refractivity contribution in [2.45, 2.75) is 60.3 Å². The monoisotopic (exact) mass is 197 g/mol. The molecule has 0 amide bonds. The van der Waals surface area contributed by atoms with Crippen LogP contribution in [-0.2, 0) is 0 Å². The van der Waals surface area contributed by atoms with Crippen LogP contribution in [0.4, 0.5) is 0 Å². The third-order valence-electron chi connectivity index (χ3n) is 1.86. The molecular weight excluding hydrogens is 174 g/mol. The molecule has 82 valence electrons. The van der Waals surface area contributed by atoms with Gasteiger partial charge in [0.2, 0.25) is 0 Å². The molecule has 1 heterocycles. The third-order valence-corrected chi connectivity index (χ3v) is 1.86. The first kappa shape index (κ1) is 13.2. The first-order valence-electron chi connectivity index (χ1n) is 5.49. The summed E-state index contributed by atoms with van der Waals surface area (Å²) in [6.45, 7) is 14.4. The van der Waals surface area contributed by atoms with E-state index in [9.17, 15) is 0 Å². The fraction of sp³-hybridized carbons (Fsp3) is 0.750. The molecule has 0 aromatic carbocycles. The normalized spacial score (nSPS) is 10.4. The molecule has 0 N–H and O–H groups in total. The largest absolute Gasteiger partial charge is 0.445 e. The summed E-state index contributed by atoms with van der Waals surface area (Å²) in [5, 5.41) is 0. The number of aromatic nitrogens is 1. The van der Waals surface area contributed by atoms with Crippen molar-refractivity contribution >= 4 is 0 Å². The van der Waals surface area contributed by atoms with Crippen molar-refractivity contribution in [3.8, 4) is 0 Å². The molecule has 0 saturated carbocycles. The molecule has 0 atom stereocenters. The van der Waals surface area contributed by atoms with Gasteiger partial charge in [-0.3, -0.25) is 0 Å². The van der Waals surface area contributed by atoms with Crippen molar-refractivity contribution in [1.29, 1.82) is 0 Å². The Balaban J connectivity index is 0.000000791. The lowest BCUT2D eigenvalue weighted by Crippen LogP contribution is -1.95. The maximum absolute atomic E-state index is 5.53. The fourth-order valence-corrected chi connectivity index (χ4v) is 1.29. The van der Waals surface area contributed by atoms with Crippen molar-refractivity contribution in [3.05, 3.63) is 17.3 Å². The quantitative estimate of drug-likeness (QED) is 0.708. The minimum Gasteiger partial charge on any atom is -0.445 e. The lowest BCUT2D eigenvalue weighted by Gasteiger charge is -2.05. The van der Waals surface area contributed by atoms with E-state index in [4.69, 9.17) is 4.42 Å². The lowest BCUT2D eigenvalue weighted by molar-refractivity contribution is 0.453. The minimum absolute atomic E-state index is 0.434.